The summed E-state index contributed by atoms with van der Waals surface area (Å²) in [7, 11) is 0. The number of fused-ring (bicyclic) bond motifs is 3. The van der Waals surface area contributed by atoms with Crippen LogP contribution in [0.25, 0.3) is 33.4 Å². The van der Waals surface area contributed by atoms with E-state index in [1.54, 1.807) is 0 Å². The van der Waals surface area contributed by atoms with E-state index in [4.69, 9.17) is 0 Å². The third-order valence-electron chi connectivity index (χ3n) is 7.51. The van der Waals surface area contributed by atoms with Crippen LogP contribution in [-0.4, -0.2) is 0 Å². The number of benzene rings is 5. The Morgan fingerprint density at radius 2 is 1.06 bits per heavy atom. The summed E-state index contributed by atoms with van der Waals surface area (Å²) in [6.07, 6.45) is 0. The van der Waals surface area contributed by atoms with Crippen LogP contribution in [0.1, 0.15) is 34.7 Å². The number of hydrogen-bond donors (Lipinski definition) is 0. The van der Waals surface area contributed by atoms with E-state index in [1.807, 2.05) is 0 Å². The highest BCUT2D eigenvalue weighted by Gasteiger charge is 2.42. The molecule has 34 heavy (non-hydrogen) atoms. The molecule has 0 saturated carbocycles. The lowest BCUT2D eigenvalue weighted by atomic mass is 9.73. The molecule has 0 bridgehead atoms. The van der Waals surface area contributed by atoms with Crippen LogP contribution in [0.2, 0.25) is 0 Å². The van der Waals surface area contributed by atoms with Crippen molar-refractivity contribution in [2.24, 2.45) is 0 Å². The largest absolute Gasteiger partial charge is 0.0622 e. The summed E-state index contributed by atoms with van der Waals surface area (Å²) in [5.41, 5.74) is 14.4. The lowest BCUT2D eigenvalue weighted by molar-refractivity contribution is 0.712. The summed E-state index contributed by atoms with van der Waals surface area (Å²) in [4.78, 5) is 0. The van der Waals surface area contributed by atoms with Gasteiger partial charge in [0.25, 0.3) is 0 Å². The molecule has 5 aromatic rings. The first-order valence-corrected chi connectivity index (χ1v) is 12.0. The molecular weight excluding hydrogens is 408 g/mol. The van der Waals surface area contributed by atoms with E-state index in [0.29, 0.717) is 0 Å². The fraction of sp³-hybridized carbons (Fsp3) is 0.118. The number of hydrogen-bond acceptors (Lipinski definition) is 0. The highest BCUT2D eigenvalue weighted by molar-refractivity contribution is 5.96. The molecule has 0 aromatic heterocycles. The molecule has 1 atom stereocenters. The second-order valence-electron chi connectivity index (χ2n) is 9.67. The minimum Gasteiger partial charge on any atom is -0.0622 e. The van der Waals surface area contributed by atoms with Crippen molar-refractivity contribution in [1.82, 2.24) is 0 Å². The third-order valence-corrected chi connectivity index (χ3v) is 7.51. The Balaban J connectivity index is 1.73. The van der Waals surface area contributed by atoms with Gasteiger partial charge in [-0.1, -0.05) is 115 Å². The Kier molecular flexibility index (Phi) is 4.78. The van der Waals surface area contributed by atoms with Crippen molar-refractivity contribution >= 4 is 0 Å². The summed E-state index contributed by atoms with van der Waals surface area (Å²) < 4.78 is 0. The maximum absolute atomic E-state index is 2.44. The molecule has 1 aliphatic rings. The van der Waals surface area contributed by atoms with Gasteiger partial charge in [-0.3, -0.25) is 0 Å². The first-order valence-electron chi connectivity index (χ1n) is 12.0. The van der Waals surface area contributed by atoms with Crippen LogP contribution < -0.4 is 0 Å². The van der Waals surface area contributed by atoms with E-state index in [9.17, 15) is 0 Å². The molecule has 0 spiro atoms. The molecule has 1 aliphatic carbocycles. The zero-order valence-electron chi connectivity index (χ0n) is 20.0. The summed E-state index contributed by atoms with van der Waals surface area (Å²) >= 11 is 0. The topological polar surface area (TPSA) is 0 Å². The van der Waals surface area contributed by atoms with E-state index in [1.165, 1.54) is 61.2 Å². The van der Waals surface area contributed by atoms with Crippen LogP contribution >= 0.6 is 0 Å². The van der Waals surface area contributed by atoms with Crippen LogP contribution in [0.5, 0.6) is 0 Å². The van der Waals surface area contributed by atoms with Crippen molar-refractivity contribution in [3.63, 3.8) is 0 Å². The maximum Gasteiger partial charge on any atom is 0.0435 e. The van der Waals surface area contributed by atoms with Gasteiger partial charge in [0.15, 0.2) is 0 Å². The Bertz CT molecular complexity index is 1500. The maximum atomic E-state index is 2.44. The second kappa shape index (κ2) is 7.85. The first kappa shape index (κ1) is 20.7. The molecule has 0 heteroatoms. The molecule has 6 rings (SSSR count). The molecular formula is C34H28. The Morgan fingerprint density at radius 3 is 1.68 bits per heavy atom. The average molecular weight is 437 g/mol. The van der Waals surface area contributed by atoms with E-state index < -0.39 is 0 Å². The fourth-order valence-electron chi connectivity index (χ4n) is 5.80. The van der Waals surface area contributed by atoms with Gasteiger partial charge in [0.05, 0.1) is 0 Å². The van der Waals surface area contributed by atoms with Crippen molar-refractivity contribution in [3.05, 3.63) is 143 Å². The van der Waals surface area contributed by atoms with Gasteiger partial charge in [-0.15, -0.1) is 0 Å². The molecule has 0 heterocycles. The summed E-state index contributed by atoms with van der Waals surface area (Å²) in [6.45, 7) is 6.88. The zero-order chi connectivity index (χ0) is 23.3. The smallest absolute Gasteiger partial charge is 0.0435 e. The van der Waals surface area contributed by atoms with Gasteiger partial charge < -0.3 is 0 Å². The molecule has 164 valence electrons. The highest BCUT2D eigenvalue weighted by Crippen LogP contribution is 2.56. The highest BCUT2D eigenvalue weighted by atomic mass is 14.4. The van der Waals surface area contributed by atoms with E-state index in [-0.39, 0.29) is 5.41 Å². The van der Waals surface area contributed by atoms with Gasteiger partial charge >= 0.3 is 0 Å². The predicted molar refractivity (Wildman–Crippen MR) is 144 cm³/mol. The Labute approximate surface area is 202 Å². The fourth-order valence-corrected chi connectivity index (χ4v) is 5.80. The SMILES string of the molecule is Cc1cc(-c2ccccc2)c2c(c1)C(C)(c1ccccc1)c1cc(C)c(-c3ccccc3)cc1-2. The Hall–Kier alpha value is -3.90. The lowest BCUT2D eigenvalue weighted by Gasteiger charge is -2.29. The van der Waals surface area contributed by atoms with Crippen molar-refractivity contribution in [2.45, 2.75) is 26.2 Å². The van der Waals surface area contributed by atoms with Gasteiger partial charge in [0.2, 0.25) is 0 Å². The van der Waals surface area contributed by atoms with Gasteiger partial charge in [-0.25, -0.2) is 0 Å². The molecule has 0 saturated heterocycles. The molecule has 0 nitrogen and oxygen atoms in total. The molecule has 1 unspecified atom stereocenters. The van der Waals surface area contributed by atoms with Crippen molar-refractivity contribution in [2.75, 3.05) is 0 Å². The predicted octanol–water partition coefficient (Wildman–Crippen LogP) is 8.97. The molecule has 0 radical (unpaired) electrons. The summed E-state index contributed by atoms with van der Waals surface area (Å²) in [5.74, 6) is 0. The Morgan fingerprint density at radius 1 is 0.500 bits per heavy atom. The quantitative estimate of drug-likeness (QED) is 0.265. The second-order valence-corrected chi connectivity index (χ2v) is 9.67. The van der Waals surface area contributed by atoms with Gasteiger partial charge in [-0.05, 0) is 82.5 Å². The number of rotatable bonds is 3. The lowest BCUT2D eigenvalue weighted by Crippen LogP contribution is -2.22. The molecule has 5 aromatic carbocycles. The standard InChI is InChI=1S/C34H28/c1-23-19-29(26-15-9-5-10-16-26)33-30-22-28(25-13-7-4-8-14-25)24(2)21-31(30)34(3,32(33)20-23)27-17-11-6-12-18-27/h4-22H,1-3H3. The minimum atomic E-state index is -0.207. The van der Waals surface area contributed by atoms with Gasteiger partial charge in [-0.2, -0.15) is 0 Å². The molecule has 0 N–H and O–H groups in total. The summed E-state index contributed by atoms with van der Waals surface area (Å²) in [6, 6.07) is 42.3. The van der Waals surface area contributed by atoms with Crippen LogP contribution in [-0.2, 0) is 5.41 Å². The van der Waals surface area contributed by atoms with E-state index >= 15 is 0 Å². The third kappa shape index (κ3) is 3.06. The average Bonchev–Trinajstić information content (AvgIpc) is 3.13. The van der Waals surface area contributed by atoms with Gasteiger partial charge in [0, 0.05) is 5.41 Å². The monoisotopic (exact) mass is 436 g/mol. The van der Waals surface area contributed by atoms with Crippen LogP contribution in [0, 0.1) is 13.8 Å². The normalized spacial score (nSPS) is 16.2. The summed E-state index contributed by atoms with van der Waals surface area (Å²) in [5, 5.41) is 0. The zero-order valence-corrected chi connectivity index (χ0v) is 20.0. The molecule has 0 fully saturated rings. The van der Waals surface area contributed by atoms with E-state index in [2.05, 4.69) is 136 Å². The van der Waals surface area contributed by atoms with Crippen molar-refractivity contribution in [3.8, 4) is 33.4 Å². The number of aryl methyl sites for hydroxylation is 2. The van der Waals surface area contributed by atoms with Crippen LogP contribution in [0.3, 0.4) is 0 Å². The first-order chi connectivity index (χ1) is 16.6. The van der Waals surface area contributed by atoms with Gasteiger partial charge in [0.1, 0.15) is 0 Å². The molecule has 0 aliphatic heterocycles. The van der Waals surface area contributed by atoms with Crippen LogP contribution in [0.4, 0.5) is 0 Å². The van der Waals surface area contributed by atoms with Crippen molar-refractivity contribution < 1.29 is 0 Å². The minimum absolute atomic E-state index is 0.207. The van der Waals surface area contributed by atoms with Crippen LogP contribution in [0.15, 0.2) is 115 Å². The van der Waals surface area contributed by atoms with E-state index in [0.717, 1.165) is 0 Å². The van der Waals surface area contributed by atoms with Crippen molar-refractivity contribution in [1.29, 1.82) is 0 Å². The molecule has 0 amide bonds.